The molecule has 0 aromatic heterocycles. The molecule has 0 unspecified atom stereocenters. The van der Waals surface area contributed by atoms with Gasteiger partial charge in [0.1, 0.15) is 0 Å². The maximum absolute atomic E-state index is 11.1. The van der Waals surface area contributed by atoms with E-state index in [0.29, 0.717) is 34.2 Å². The highest BCUT2D eigenvalue weighted by molar-refractivity contribution is 7.90. The van der Waals surface area contributed by atoms with Crippen LogP contribution in [0.1, 0.15) is 173 Å². The fourth-order valence-electron chi connectivity index (χ4n) is 3.16. The van der Waals surface area contributed by atoms with Crippen LogP contribution in [0.5, 0.6) is 0 Å². The van der Waals surface area contributed by atoms with Crippen molar-refractivity contribution in [3.63, 3.8) is 0 Å². The SMILES string of the molecule is CC(C)(C)C(C)(C)C.CC(C)NS(=O)(=O)C1CC1.CC(C)OCCCCC(C)(C)C.CC(C)c1cccc(C(C)C)c1. The Morgan fingerprint density at radius 1 is 0.762 bits per heavy atom. The molecular formula is C37H73NO3S. The molecule has 0 heterocycles. The molecule has 1 aromatic rings. The Kier molecular flexibility index (Phi) is 20.0. The first-order valence-corrected chi connectivity index (χ1v) is 18.1. The van der Waals surface area contributed by atoms with Crippen molar-refractivity contribution in [2.75, 3.05) is 6.61 Å². The van der Waals surface area contributed by atoms with Crippen LogP contribution in [0, 0.1) is 16.2 Å². The number of rotatable bonds is 10. The van der Waals surface area contributed by atoms with Gasteiger partial charge in [0.05, 0.1) is 11.4 Å². The number of nitrogens with one attached hydrogen (secondary N) is 1. The van der Waals surface area contributed by atoms with E-state index in [2.05, 4.69) is 133 Å². The number of unbranched alkanes of at least 4 members (excludes halogenated alkanes) is 1. The molecule has 0 spiro atoms. The molecule has 0 bridgehead atoms. The molecule has 1 aliphatic rings. The lowest BCUT2D eigenvalue weighted by atomic mass is 9.71. The fourth-order valence-corrected chi connectivity index (χ4v) is 4.76. The molecule has 1 N–H and O–H groups in total. The summed E-state index contributed by atoms with van der Waals surface area (Å²) in [5.74, 6) is 1.28. The van der Waals surface area contributed by atoms with E-state index in [4.69, 9.17) is 4.74 Å². The van der Waals surface area contributed by atoms with Crippen molar-refractivity contribution in [1.82, 2.24) is 4.72 Å². The van der Waals surface area contributed by atoms with Gasteiger partial charge in [-0.1, -0.05) is 121 Å². The molecule has 0 saturated heterocycles. The number of hydrogen-bond acceptors (Lipinski definition) is 3. The predicted molar refractivity (Wildman–Crippen MR) is 188 cm³/mol. The Balaban J connectivity index is 0. The van der Waals surface area contributed by atoms with Crippen molar-refractivity contribution >= 4 is 10.0 Å². The van der Waals surface area contributed by atoms with E-state index in [1.807, 2.05) is 13.8 Å². The van der Waals surface area contributed by atoms with Gasteiger partial charge < -0.3 is 4.74 Å². The Hall–Kier alpha value is -0.910. The van der Waals surface area contributed by atoms with Gasteiger partial charge in [-0.15, -0.1) is 0 Å². The molecule has 4 nitrogen and oxygen atoms in total. The largest absolute Gasteiger partial charge is 0.379 e. The fraction of sp³-hybridized carbons (Fsp3) is 0.838. The lowest BCUT2D eigenvalue weighted by Gasteiger charge is -2.34. The Morgan fingerprint density at radius 3 is 1.48 bits per heavy atom. The van der Waals surface area contributed by atoms with Gasteiger partial charge in [0.15, 0.2) is 0 Å². The summed E-state index contributed by atoms with van der Waals surface area (Å²) in [5.41, 5.74) is 4.25. The second kappa shape index (κ2) is 19.5. The monoisotopic (exact) mass is 612 g/mol. The first-order chi connectivity index (χ1) is 18.8. The molecule has 250 valence electrons. The van der Waals surface area contributed by atoms with E-state index in [-0.39, 0.29) is 11.3 Å². The summed E-state index contributed by atoms with van der Waals surface area (Å²) >= 11 is 0. The smallest absolute Gasteiger partial charge is 0.214 e. The minimum Gasteiger partial charge on any atom is -0.379 e. The molecule has 0 radical (unpaired) electrons. The van der Waals surface area contributed by atoms with Crippen LogP contribution in [0.3, 0.4) is 0 Å². The molecule has 0 atom stereocenters. The van der Waals surface area contributed by atoms with Crippen LogP contribution in [-0.2, 0) is 14.8 Å². The van der Waals surface area contributed by atoms with Crippen molar-refractivity contribution in [1.29, 1.82) is 0 Å². The second-order valence-electron chi connectivity index (χ2n) is 16.4. The minimum absolute atomic E-state index is 0.0330. The van der Waals surface area contributed by atoms with Crippen molar-refractivity contribution in [3.05, 3.63) is 35.4 Å². The molecular weight excluding hydrogens is 538 g/mol. The van der Waals surface area contributed by atoms with E-state index in [1.54, 1.807) is 0 Å². The molecule has 5 heteroatoms. The van der Waals surface area contributed by atoms with E-state index < -0.39 is 10.0 Å². The Morgan fingerprint density at radius 2 is 1.19 bits per heavy atom. The van der Waals surface area contributed by atoms with Crippen LogP contribution in [0.25, 0.3) is 0 Å². The van der Waals surface area contributed by atoms with Crippen molar-refractivity contribution in [2.45, 2.75) is 179 Å². The van der Waals surface area contributed by atoms with Crippen molar-refractivity contribution in [3.8, 4) is 0 Å². The van der Waals surface area contributed by atoms with Gasteiger partial charge in [0, 0.05) is 12.6 Å². The van der Waals surface area contributed by atoms with E-state index in [9.17, 15) is 8.42 Å². The molecule has 0 aliphatic heterocycles. The van der Waals surface area contributed by atoms with Crippen molar-refractivity contribution < 1.29 is 13.2 Å². The van der Waals surface area contributed by atoms with Crippen LogP contribution in [0.15, 0.2) is 24.3 Å². The Labute approximate surface area is 264 Å². The first kappa shape index (κ1) is 43.2. The average Bonchev–Trinajstić information content (AvgIpc) is 3.63. The number of benzene rings is 1. The van der Waals surface area contributed by atoms with Gasteiger partial charge in [0.2, 0.25) is 10.0 Å². The molecule has 1 aliphatic carbocycles. The number of ether oxygens (including phenoxy) is 1. The standard InChI is InChI=1S/C12H18.C11H24O.C8H18.C6H13NO2S/c1-9(2)11-6-5-7-12(8-11)10(3)4;1-10(2)12-9-7-6-8-11(3,4)5;1-7(2,3)8(4,5)6;1-5(2)7-10(8,9)6-3-4-6/h5-10H,1-4H3;10H,6-9H2,1-5H3;1-6H3;5-7H,3-4H2,1-2H3. The summed E-state index contributed by atoms with van der Waals surface area (Å²) in [5, 5.41) is -0.0881. The highest BCUT2D eigenvalue weighted by atomic mass is 32.2. The van der Waals surface area contributed by atoms with Gasteiger partial charge in [-0.25, -0.2) is 13.1 Å². The lowest BCUT2D eigenvalue weighted by molar-refractivity contribution is 0.0744. The molecule has 2 rings (SSSR count). The maximum atomic E-state index is 11.1. The van der Waals surface area contributed by atoms with Gasteiger partial charge >= 0.3 is 0 Å². The van der Waals surface area contributed by atoms with Crippen LogP contribution >= 0.6 is 0 Å². The van der Waals surface area contributed by atoms with E-state index in [0.717, 1.165) is 19.4 Å². The van der Waals surface area contributed by atoms with Gasteiger partial charge in [-0.2, -0.15) is 0 Å². The molecule has 0 amide bonds. The van der Waals surface area contributed by atoms with Gasteiger partial charge in [-0.05, 0) is 92.6 Å². The quantitative estimate of drug-likeness (QED) is 0.268. The molecule has 1 fully saturated rings. The minimum atomic E-state index is -2.94. The zero-order valence-corrected chi connectivity index (χ0v) is 31.9. The third kappa shape index (κ3) is 23.5. The number of hydrogen-bond donors (Lipinski definition) is 1. The van der Waals surface area contributed by atoms with E-state index >= 15 is 0 Å². The predicted octanol–water partition coefficient (Wildman–Crippen LogP) is 11.1. The van der Waals surface area contributed by atoms with Crippen LogP contribution < -0.4 is 4.72 Å². The lowest BCUT2D eigenvalue weighted by Crippen LogP contribution is -2.32. The highest BCUT2D eigenvalue weighted by Crippen LogP contribution is 2.36. The number of sulfonamides is 1. The Bertz CT molecular complexity index is 888. The summed E-state index contributed by atoms with van der Waals surface area (Å²) in [7, 11) is -2.94. The first-order valence-electron chi connectivity index (χ1n) is 16.5. The average molecular weight is 612 g/mol. The third-order valence-corrected chi connectivity index (χ3v) is 9.78. The summed E-state index contributed by atoms with van der Waals surface area (Å²) in [6.45, 7) is 38.2. The zero-order chi connectivity index (χ0) is 33.5. The highest BCUT2D eigenvalue weighted by Gasteiger charge is 2.35. The molecule has 1 saturated carbocycles. The van der Waals surface area contributed by atoms with Gasteiger partial charge in [-0.3, -0.25) is 0 Å². The second-order valence-corrected chi connectivity index (χ2v) is 18.4. The third-order valence-electron chi connectivity index (χ3n) is 7.63. The summed E-state index contributed by atoms with van der Waals surface area (Å²) < 4.78 is 30.2. The zero-order valence-electron chi connectivity index (χ0n) is 31.1. The van der Waals surface area contributed by atoms with Gasteiger partial charge in [0.25, 0.3) is 0 Å². The van der Waals surface area contributed by atoms with Crippen LogP contribution in [0.2, 0.25) is 0 Å². The summed E-state index contributed by atoms with van der Waals surface area (Å²) in [4.78, 5) is 0. The van der Waals surface area contributed by atoms with Crippen LogP contribution in [-0.4, -0.2) is 32.4 Å². The maximum Gasteiger partial charge on any atom is 0.214 e. The molecule has 1 aromatic carbocycles. The summed E-state index contributed by atoms with van der Waals surface area (Å²) in [6.07, 6.45) is 5.85. The van der Waals surface area contributed by atoms with Crippen molar-refractivity contribution in [2.24, 2.45) is 16.2 Å². The summed E-state index contributed by atoms with van der Waals surface area (Å²) in [6, 6.07) is 8.91. The molecule has 42 heavy (non-hydrogen) atoms. The van der Waals surface area contributed by atoms with E-state index in [1.165, 1.54) is 30.4 Å². The normalized spacial score (nSPS) is 14.2. The topological polar surface area (TPSA) is 55.4 Å². The van der Waals surface area contributed by atoms with Crippen LogP contribution in [0.4, 0.5) is 0 Å².